The smallest absolute Gasteiger partial charge is 0.408 e. The fourth-order valence-corrected chi connectivity index (χ4v) is 4.22. The molecule has 0 heterocycles. The van der Waals surface area contributed by atoms with Gasteiger partial charge in [-0.3, -0.25) is 14.4 Å². The molecule has 1 saturated carbocycles. The Labute approximate surface area is 217 Å². The zero-order valence-electron chi connectivity index (χ0n) is 21.7. The minimum absolute atomic E-state index is 0.0284. The van der Waals surface area contributed by atoms with Gasteiger partial charge in [-0.05, 0) is 57.7 Å². The monoisotopic (exact) mass is 515 g/mol. The molecule has 0 radical (unpaired) electrons. The van der Waals surface area contributed by atoms with Crippen molar-refractivity contribution in [2.75, 3.05) is 6.54 Å². The molecule has 0 saturated heterocycles. The first-order valence-corrected chi connectivity index (χ1v) is 12.5. The van der Waals surface area contributed by atoms with E-state index in [1.165, 1.54) is 24.3 Å². The molecule has 5 N–H and O–H groups in total. The van der Waals surface area contributed by atoms with Gasteiger partial charge in [-0.2, -0.15) is 5.26 Å². The Morgan fingerprint density at radius 1 is 1.16 bits per heavy atom. The van der Waals surface area contributed by atoms with Crippen molar-refractivity contribution in [1.82, 2.24) is 15.5 Å². The van der Waals surface area contributed by atoms with Gasteiger partial charge in [-0.15, -0.1) is 0 Å². The number of aromatic hydroxyl groups is 1. The average Bonchev–Trinajstić information content (AvgIpc) is 2.81. The van der Waals surface area contributed by atoms with Crippen molar-refractivity contribution in [2.24, 2.45) is 5.73 Å². The van der Waals surface area contributed by atoms with Crippen molar-refractivity contribution in [2.45, 2.75) is 89.4 Å². The number of phenols is 1. The fourth-order valence-electron chi connectivity index (χ4n) is 4.22. The third-order valence-corrected chi connectivity index (χ3v) is 5.91. The number of hydrogen-bond acceptors (Lipinski definition) is 7. The first-order chi connectivity index (χ1) is 17.4. The molecule has 202 valence electrons. The Balaban J connectivity index is 2.42. The number of hydrogen-bond donors (Lipinski definition) is 4. The molecule has 1 aromatic rings. The second kappa shape index (κ2) is 13.5. The molecule has 37 heavy (non-hydrogen) atoms. The summed E-state index contributed by atoms with van der Waals surface area (Å²) in [5.74, 6) is -1.93. The third-order valence-electron chi connectivity index (χ3n) is 5.91. The van der Waals surface area contributed by atoms with E-state index in [9.17, 15) is 29.5 Å². The number of nitrogens with one attached hydrogen (secondary N) is 2. The van der Waals surface area contributed by atoms with E-state index in [0.29, 0.717) is 5.56 Å². The second-order valence-electron chi connectivity index (χ2n) is 10.2. The van der Waals surface area contributed by atoms with Crippen LogP contribution in [0.2, 0.25) is 0 Å². The van der Waals surface area contributed by atoms with E-state index >= 15 is 0 Å². The maximum atomic E-state index is 13.7. The van der Waals surface area contributed by atoms with E-state index in [1.54, 1.807) is 20.8 Å². The topological polar surface area (TPSA) is 175 Å². The summed E-state index contributed by atoms with van der Waals surface area (Å²) in [6.07, 6.45) is 3.40. The molecule has 0 bridgehead atoms. The highest BCUT2D eigenvalue weighted by molar-refractivity contribution is 5.92. The van der Waals surface area contributed by atoms with Gasteiger partial charge in [-0.1, -0.05) is 31.4 Å². The minimum atomic E-state index is -1.28. The largest absolute Gasteiger partial charge is 0.508 e. The number of alkyl carbamates (subject to hydrolysis) is 1. The van der Waals surface area contributed by atoms with Crippen LogP contribution < -0.4 is 16.4 Å². The Hall–Kier alpha value is -3.81. The van der Waals surface area contributed by atoms with Crippen LogP contribution in [-0.2, 0) is 19.1 Å². The molecule has 1 fully saturated rings. The molecule has 4 amide bonds. The van der Waals surface area contributed by atoms with Crippen LogP contribution in [0.25, 0.3) is 0 Å². The maximum absolute atomic E-state index is 13.7. The second-order valence-corrected chi connectivity index (χ2v) is 10.2. The first-order valence-electron chi connectivity index (χ1n) is 12.5. The van der Waals surface area contributed by atoms with E-state index in [4.69, 9.17) is 10.5 Å². The number of nitrogens with zero attached hydrogens (tertiary/aromatic N) is 2. The highest BCUT2D eigenvalue weighted by atomic mass is 16.6. The highest BCUT2D eigenvalue weighted by Gasteiger charge is 2.37. The van der Waals surface area contributed by atoms with Crippen LogP contribution in [0.1, 0.15) is 77.3 Å². The van der Waals surface area contributed by atoms with E-state index < -0.39 is 48.0 Å². The van der Waals surface area contributed by atoms with Crippen LogP contribution >= 0.6 is 0 Å². The number of amides is 4. The lowest BCUT2D eigenvalue weighted by Crippen LogP contribution is -2.54. The maximum Gasteiger partial charge on any atom is 0.408 e. The van der Waals surface area contributed by atoms with E-state index in [0.717, 1.165) is 37.0 Å². The van der Waals surface area contributed by atoms with Gasteiger partial charge in [0.25, 0.3) is 0 Å². The number of nitrogens with two attached hydrogens (primary N) is 1. The Kier molecular flexibility index (Phi) is 10.7. The van der Waals surface area contributed by atoms with Crippen molar-refractivity contribution >= 4 is 23.8 Å². The van der Waals surface area contributed by atoms with Crippen LogP contribution in [0.5, 0.6) is 5.75 Å². The molecule has 11 heteroatoms. The number of rotatable bonds is 10. The summed E-state index contributed by atoms with van der Waals surface area (Å²) in [5.41, 5.74) is 4.81. The summed E-state index contributed by atoms with van der Waals surface area (Å²) in [4.78, 5) is 52.3. The van der Waals surface area contributed by atoms with Gasteiger partial charge in [0.2, 0.25) is 17.7 Å². The number of ether oxygens (including phenoxy) is 1. The molecule has 1 aromatic carbocycles. The SMILES string of the molecule is CC(C)(C)OC(=O)NC(CCC(N)=O)C(=O)N(CC#N)C(C(=O)NC1CCCCC1)c1ccc(O)cc1. The normalized spacial score (nSPS) is 15.5. The van der Waals surface area contributed by atoms with Crippen molar-refractivity contribution < 1.29 is 29.0 Å². The third kappa shape index (κ3) is 9.63. The van der Waals surface area contributed by atoms with Crippen LogP contribution in [0.4, 0.5) is 4.79 Å². The lowest BCUT2D eigenvalue weighted by Gasteiger charge is -2.34. The van der Waals surface area contributed by atoms with Crippen LogP contribution in [0.3, 0.4) is 0 Å². The standard InChI is InChI=1S/C26H37N5O6/c1-26(2,3)37-25(36)30-20(13-14-21(28)33)24(35)31(16-15-27)22(17-9-11-19(32)12-10-17)23(34)29-18-7-5-4-6-8-18/h9-12,18,20,22,32H,4-8,13-14,16H2,1-3H3,(H2,28,33)(H,29,34)(H,30,36). The van der Waals surface area contributed by atoms with Gasteiger partial charge < -0.3 is 31.1 Å². The average molecular weight is 516 g/mol. The summed E-state index contributed by atoms with van der Waals surface area (Å²) >= 11 is 0. The van der Waals surface area contributed by atoms with Gasteiger partial charge in [0.15, 0.2) is 0 Å². The Bertz CT molecular complexity index is 992. The lowest BCUT2D eigenvalue weighted by molar-refractivity contribution is -0.142. The lowest BCUT2D eigenvalue weighted by atomic mass is 9.94. The van der Waals surface area contributed by atoms with Crippen LogP contribution in [0.15, 0.2) is 24.3 Å². The quantitative estimate of drug-likeness (QED) is 0.346. The summed E-state index contributed by atoms with van der Waals surface area (Å²) in [5, 5.41) is 24.8. The van der Waals surface area contributed by atoms with Crippen LogP contribution in [0, 0.1) is 11.3 Å². The molecule has 0 aliphatic heterocycles. The molecule has 2 unspecified atom stereocenters. The number of nitriles is 1. The van der Waals surface area contributed by atoms with Gasteiger partial charge in [0.05, 0.1) is 6.07 Å². The summed E-state index contributed by atoms with van der Waals surface area (Å²) < 4.78 is 5.26. The van der Waals surface area contributed by atoms with Gasteiger partial charge in [-0.25, -0.2) is 4.79 Å². The van der Waals surface area contributed by atoms with Gasteiger partial charge >= 0.3 is 6.09 Å². The molecule has 0 spiro atoms. The summed E-state index contributed by atoms with van der Waals surface area (Å²) in [6.45, 7) is 4.51. The van der Waals surface area contributed by atoms with Crippen molar-refractivity contribution in [3.63, 3.8) is 0 Å². The number of carbonyl (C=O) groups is 4. The van der Waals surface area contributed by atoms with Crippen molar-refractivity contribution in [3.8, 4) is 11.8 Å². The molecular formula is C26H37N5O6. The molecular weight excluding hydrogens is 478 g/mol. The van der Waals surface area contributed by atoms with Gasteiger partial charge in [0, 0.05) is 12.5 Å². The van der Waals surface area contributed by atoms with Crippen LogP contribution in [-0.4, -0.2) is 58.1 Å². The zero-order chi connectivity index (χ0) is 27.6. The number of carbonyl (C=O) groups excluding carboxylic acids is 4. The fraction of sp³-hybridized carbons (Fsp3) is 0.577. The van der Waals surface area contributed by atoms with Crippen molar-refractivity contribution in [1.29, 1.82) is 5.26 Å². The minimum Gasteiger partial charge on any atom is -0.508 e. The Morgan fingerprint density at radius 2 is 1.78 bits per heavy atom. The summed E-state index contributed by atoms with van der Waals surface area (Å²) in [6, 6.07) is 5.12. The van der Waals surface area contributed by atoms with Gasteiger partial charge in [0.1, 0.15) is 30.0 Å². The predicted molar refractivity (Wildman–Crippen MR) is 135 cm³/mol. The predicted octanol–water partition coefficient (Wildman–Crippen LogP) is 2.39. The molecule has 11 nitrogen and oxygen atoms in total. The first kappa shape index (κ1) is 29.4. The molecule has 1 aliphatic rings. The number of phenolic OH excluding ortho intramolecular Hbond substituents is 1. The molecule has 1 aliphatic carbocycles. The number of benzene rings is 1. The number of primary amides is 1. The van der Waals surface area contributed by atoms with E-state index in [2.05, 4.69) is 10.6 Å². The van der Waals surface area contributed by atoms with Crippen molar-refractivity contribution in [3.05, 3.63) is 29.8 Å². The molecule has 0 aromatic heterocycles. The molecule has 2 atom stereocenters. The molecule has 2 rings (SSSR count). The van der Waals surface area contributed by atoms with E-state index in [-0.39, 0.29) is 24.6 Å². The summed E-state index contributed by atoms with van der Waals surface area (Å²) in [7, 11) is 0. The Morgan fingerprint density at radius 3 is 2.32 bits per heavy atom. The van der Waals surface area contributed by atoms with E-state index in [1.807, 2.05) is 6.07 Å². The highest BCUT2D eigenvalue weighted by Crippen LogP contribution is 2.26. The zero-order valence-corrected chi connectivity index (χ0v) is 21.7.